The van der Waals surface area contributed by atoms with E-state index in [-0.39, 0.29) is 10.9 Å². The molecule has 0 atom stereocenters. The molecule has 5 nitrogen and oxygen atoms in total. The third kappa shape index (κ3) is 5.45. The Morgan fingerprint density at radius 3 is 2.08 bits per heavy atom. The van der Waals surface area contributed by atoms with Crippen LogP contribution in [0, 0.1) is 0 Å². The molecule has 2 saturated carbocycles. The first-order valence-corrected chi connectivity index (χ1v) is 16.8. The van der Waals surface area contributed by atoms with Gasteiger partial charge in [-0.1, -0.05) is 69.2 Å². The van der Waals surface area contributed by atoms with E-state index in [1.165, 1.54) is 50.0 Å². The van der Waals surface area contributed by atoms with E-state index in [4.69, 9.17) is 4.74 Å². The van der Waals surface area contributed by atoms with Gasteiger partial charge in [-0.25, -0.2) is 4.79 Å². The lowest BCUT2D eigenvalue weighted by molar-refractivity contribution is 0.0729. The van der Waals surface area contributed by atoms with Gasteiger partial charge in [-0.15, -0.1) is 0 Å². The largest absolute Gasteiger partial charge is 0.423 e. The molecular weight excluding hydrogens is 520 g/mol. The van der Waals surface area contributed by atoms with Crippen LogP contribution in [0.5, 0.6) is 5.75 Å². The molecule has 0 radical (unpaired) electrons. The fourth-order valence-electron chi connectivity index (χ4n) is 7.64. The minimum Gasteiger partial charge on any atom is -0.423 e. The molecule has 0 saturated heterocycles. The molecule has 40 heavy (non-hydrogen) atoms. The van der Waals surface area contributed by atoms with E-state index in [1.54, 1.807) is 6.07 Å². The van der Waals surface area contributed by atoms with Gasteiger partial charge in [-0.05, 0) is 114 Å². The molecule has 212 valence electrons. The number of ether oxygens (including phenoxy) is 1. The average molecular weight is 561 g/mol. The normalized spacial score (nSPS) is 19.2. The monoisotopic (exact) mass is 560 g/mol. The van der Waals surface area contributed by atoms with Gasteiger partial charge >= 0.3 is 5.97 Å². The smallest absolute Gasteiger partial charge is 0.344 e. The van der Waals surface area contributed by atoms with Crippen molar-refractivity contribution in [1.82, 2.24) is 0 Å². The Morgan fingerprint density at radius 1 is 0.750 bits per heavy atom. The van der Waals surface area contributed by atoms with Crippen molar-refractivity contribution in [1.29, 1.82) is 0 Å². The Hall–Kier alpha value is -2.70. The summed E-state index contributed by atoms with van der Waals surface area (Å²) in [6, 6.07) is 13.7. The van der Waals surface area contributed by atoms with Gasteiger partial charge < -0.3 is 4.74 Å². The van der Waals surface area contributed by atoms with E-state index in [0.29, 0.717) is 36.0 Å². The molecule has 0 amide bonds. The van der Waals surface area contributed by atoms with Crippen LogP contribution >= 0.6 is 0 Å². The number of esters is 1. The second-order valence-electron chi connectivity index (χ2n) is 12.1. The SMILES string of the molecule is O=C(Oc1ccc(S(=O)(=O)O)c2c1CCCCC2)c1c(C2CCCCC2)cc2ccccc2c1C1CCCCC1. The van der Waals surface area contributed by atoms with Gasteiger partial charge in [-0.2, -0.15) is 8.42 Å². The van der Waals surface area contributed by atoms with Crippen LogP contribution in [-0.4, -0.2) is 18.9 Å². The summed E-state index contributed by atoms with van der Waals surface area (Å²) in [6.07, 6.45) is 15.4. The van der Waals surface area contributed by atoms with Crippen LogP contribution in [0.15, 0.2) is 47.4 Å². The molecule has 1 N–H and O–H groups in total. The predicted molar refractivity (Wildman–Crippen MR) is 158 cm³/mol. The summed E-state index contributed by atoms with van der Waals surface area (Å²) in [7, 11) is -4.37. The molecule has 3 aromatic rings. The summed E-state index contributed by atoms with van der Waals surface area (Å²) in [4.78, 5) is 14.4. The van der Waals surface area contributed by atoms with Gasteiger partial charge in [-0.3, -0.25) is 4.55 Å². The number of carbonyl (C=O) groups excluding carboxylic acids is 1. The minimum absolute atomic E-state index is 0.0549. The summed E-state index contributed by atoms with van der Waals surface area (Å²) in [5, 5.41) is 2.35. The van der Waals surface area contributed by atoms with Gasteiger partial charge in [0.2, 0.25) is 0 Å². The van der Waals surface area contributed by atoms with Crippen molar-refractivity contribution < 1.29 is 22.5 Å². The van der Waals surface area contributed by atoms with Crippen molar-refractivity contribution in [2.24, 2.45) is 0 Å². The zero-order valence-corrected chi connectivity index (χ0v) is 24.1. The molecule has 0 unspecified atom stereocenters. The van der Waals surface area contributed by atoms with Crippen LogP contribution in [0.2, 0.25) is 0 Å². The molecule has 3 aliphatic rings. The fourth-order valence-corrected chi connectivity index (χ4v) is 8.42. The molecule has 0 heterocycles. The number of rotatable bonds is 5. The minimum atomic E-state index is -4.37. The van der Waals surface area contributed by atoms with Crippen LogP contribution in [-0.2, 0) is 23.0 Å². The van der Waals surface area contributed by atoms with Crippen molar-refractivity contribution in [3.63, 3.8) is 0 Å². The van der Waals surface area contributed by atoms with Gasteiger partial charge in [0.1, 0.15) is 5.75 Å². The highest BCUT2D eigenvalue weighted by Crippen LogP contribution is 2.45. The molecule has 0 spiro atoms. The zero-order chi connectivity index (χ0) is 27.7. The van der Waals surface area contributed by atoms with E-state index in [9.17, 15) is 17.8 Å². The Balaban J connectivity index is 1.51. The van der Waals surface area contributed by atoms with Crippen LogP contribution in [0.3, 0.4) is 0 Å². The molecule has 2 fully saturated rings. The molecule has 6 heteroatoms. The van der Waals surface area contributed by atoms with E-state index < -0.39 is 10.1 Å². The third-order valence-corrected chi connectivity index (χ3v) is 10.5. The molecule has 6 rings (SSSR count). The van der Waals surface area contributed by atoms with Crippen molar-refractivity contribution in [3.8, 4) is 5.75 Å². The number of hydrogen-bond acceptors (Lipinski definition) is 4. The Bertz CT molecular complexity index is 1510. The Labute approximate surface area is 238 Å². The van der Waals surface area contributed by atoms with Crippen molar-refractivity contribution in [3.05, 3.63) is 70.3 Å². The number of hydrogen-bond donors (Lipinski definition) is 1. The summed E-state index contributed by atoms with van der Waals surface area (Å²) in [5.74, 6) is 0.774. The lowest BCUT2D eigenvalue weighted by atomic mass is 9.74. The first-order chi connectivity index (χ1) is 19.4. The molecule has 0 bridgehead atoms. The van der Waals surface area contributed by atoms with Gasteiger partial charge in [0.25, 0.3) is 10.1 Å². The second kappa shape index (κ2) is 11.7. The van der Waals surface area contributed by atoms with Gasteiger partial charge in [0.15, 0.2) is 0 Å². The molecule has 3 aliphatic carbocycles. The van der Waals surface area contributed by atoms with E-state index in [2.05, 4.69) is 30.3 Å². The Kier molecular flexibility index (Phi) is 8.00. The van der Waals surface area contributed by atoms with Gasteiger partial charge in [0, 0.05) is 0 Å². The highest BCUT2D eigenvalue weighted by Gasteiger charge is 2.32. The van der Waals surface area contributed by atoms with Crippen molar-refractivity contribution in [2.45, 2.75) is 113 Å². The standard InChI is InChI=1S/C34H40O5S/c35-34(39-30-20-21-31(40(36,37)38)28-19-9-3-8-18-27(28)30)33-29(23-12-4-1-5-13-23)22-25-16-10-11-17-26(25)32(33)24-14-6-2-7-15-24/h10-11,16-17,20-24H,1-9,12-15,18-19H2,(H,36,37,38). The lowest BCUT2D eigenvalue weighted by Crippen LogP contribution is -2.21. The maximum absolute atomic E-state index is 14.4. The lowest BCUT2D eigenvalue weighted by Gasteiger charge is -2.30. The van der Waals surface area contributed by atoms with E-state index >= 15 is 0 Å². The highest BCUT2D eigenvalue weighted by molar-refractivity contribution is 7.85. The van der Waals surface area contributed by atoms with Crippen LogP contribution in [0.4, 0.5) is 0 Å². The number of fused-ring (bicyclic) bond motifs is 2. The van der Waals surface area contributed by atoms with E-state index in [1.807, 2.05) is 0 Å². The summed E-state index contributed by atoms with van der Waals surface area (Å²) < 4.78 is 40.6. The molecule has 0 aliphatic heterocycles. The second-order valence-corrected chi connectivity index (χ2v) is 13.5. The summed E-state index contributed by atoms with van der Waals surface area (Å²) in [5.41, 5.74) is 4.39. The van der Waals surface area contributed by atoms with Crippen LogP contribution < -0.4 is 4.74 Å². The maximum Gasteiger partial charge on any atom is 0.344 e. The zero-order valence-electron chi connectivity index (χ0n) is 23.3. The highest BCUT2D eigenvalue weighted by atomic mass is 32.2. The first-order valence-electron chi connectivity index (χ1n) is 15.3. The average Bonchev–Trinajstić information content (AvgIpc) is 3.23. The first kappa shape index (κ1) is 27.5. The summed E-state index contributed by atoms with van der Waals surface area (Å²) in [6.45, 7) is 0. The van der Waals surface area contributed by atoms with Crippen molar-refractivity contribution >= 4 is 26.9 Å². The molecular formula is C34H40O5S. The number of benzene rings is 3. The topological polar surface area (TPSA) is 80.7 Å². The molecule has 3 aromatic carbocycles. The number of carbonyl (C=O) groups is 1. The van der Waals surface area contributed by atoms with E-state index in [0.717, 1.165) is 72.6 Å². The van der Waals surface area contributed by atoms with Crippen molar-refractivity contribution in [2.75, 3.05) is 0 Å². The summed E-state index contributed by atoms with van der Waals surface area (Å²) >= 11 is 0. The quantitative estimate of drug-likeness (QED) is 0.146. The predicted octanol–water partition coefficient (Wildman–Crippen LogP) is 8.67. The maximum atomic E-state index is 14.4. The third-order valence-electron chi connectivity index (χ3n) is 9.56. The molecule has 0 aromatic heterocycles. The Morgan fingerprint density at radius 2 is 1.38 bits per heavy atom. The van der Waals surface area contributed by atoms with Crippen LogP contribution in [0.1, 0.15) is 128 Å². The fraction of sp³-hybridized carbons (Fsp3) is 0.500. The van der Waals surface area contributed by atoms with Crippen LogP contribution in [0.25, 0.3) is 10.8 Å². The van der Waals surface area contributed by atoms with Gasteiger partial charge in [0.05, 0.1) is 10.5 Å².